The molecule has 0 unspecified atom stereocenters. The maximum Gasteiger partial charge on any atom is 0.266 e. The van der Waals surface area contributed by atoms with Gasteiger partial charge in [-0.3, -0.25) is 0 Å². The van der Waals surface area contributed by atoms with Crippen LogP contribution in [0.5, 0.6) is 5.75 Å². The number of methoxy groups -OCH3 is 1. The zero-order valence-corrected chi connectivity index (χ0v) is 23.6. The molecule has 1 aliphatic rings. The van der Waals surface area contributed by atoms with E-state index in [1.165, 1.54) is 33.9 Å². The Bertz CT molecular complexity index is 1480. The molecule has 1 aromatic heterocycles. The summed E-state index contributed by atoms with van der Waals surface area (Å²) in [5.41, 5.74) is 2.31. The first-order valence-electron chi connectivity index (χ1n) is 11.8. The van der Waals surface area contributed by atoms with E-state index < -0.39 is 26.1 Å². The summed E-state index contributed by atoms with van der Waals surface area (Å²) < 4.78 is 62.7. The van der Waals surface area contributed by atoms with Crippen LogP contribution < -0.4 is 9.04 Å². The maximum absolute atomic E-state index is 14.1. The van der Waals surface area contributed by atoms with E-state index in [0.29, 0.717) is 35.5 Å². The van der Waals surface area contributed by atoms with E-state index in [0.717, 1.165) is 5.56 Å². The van der Waals surface area contributed by atoms with Gasteiger partial charge in [-0.15, -0.1) is 0 Å². The highest BCUT2D eigenvalue weighted by Crippen LogP contribution is 2.34. The SMILES string of the molecule is COc1ccc(S(=O)(=O)N2CCC(N(c3ccccn3)S(=O)(=O)c3c(C)cc(C)cc3C)CC2)cc1Cl. The quantitative estimate of drug-likeness (QED) is 0.413. The third-order valence-electron chi connectivity index (χ3n) is 6.51. The molecule has 2 heterocycles. The molecule has 2 aromatic carbocycles. The number of nitrogens with zero attached hydrogens (tertiary/aromatic N) is 3. The molecule has 37 heavy (non-hydrogen) atoms. The Morgan fingerprint density at radius 2 is 1.62 bits per heavy atom. The minimum atomic E-state index is -3.98. The lowest BCUT2D eigenvalue weighted by Gasteiger charge is -2.38. The van der Waals surface area contributed by atoms with Gasteiger partial charge in [0.05, 0.1) is 21.9 Å². The number of ether oxygens (including phenoxy) is 1. The molecular weight excluding hydrogens is 534 g/mol. The second kappa shape index (κ2) is 10.6. The van der Waals surface area contributed by atoms with Crippen molar-refractivity contribution in [3.05, 3.63) is 76.4 Å². The second-order valence-corrected chi connectivity index (χ2v) is 13.2. The van der Waals surface area contributed by atoms with E-state index in [1.54, 1.807) is 38.2 Å². The second-order valence-electron chi connectivity index (χ2n) is 9.15. The van der Waals surface area contributed by atoms with Crippen LogP contribution in [0.2, 0.25) is 5.02 Å². The molecule has 1 saturated heterocycles. The number of aryl methyl sites for hydroxylation is 3. The molecule has 0 aliphatic carbocycles. The fraction of sp³-hybridized carbons (Fsp3) is 0.346. The lowest BCUT2D eigenvalue weighted by Crippen LogP contribution is -2.49. The van der Waals surface area contributed by atoms with Crippen molar-refractivity contribution in [1.29, 1.82) is 0 Å². The Hall–Kier alpha value is -2.66. The Morgan fingerprint density at radius 3 is 2.16 bits per heavy atom. The molecule has 3 aromatic rings. The van der Waals surface area contributed by atoms with E-state index in [4.69, 9.17) is 16.3 Å². The molecule has 0 spiro atoms. The summed E-state index contributed by atoms with van der Waals surface area (Å²) in [6.07, 6.45) is 2.17. The topological polar surface area (TPSA) is 96.9 Å². The van der Waals surface area contributed by atoms with Crippen LogP contribution in [0.25, 0.3) is 0 Å². The van der Waals surface area contributed by atoms with Gasteiger partial charge in [0.1, 0.15) is 11.6 Å². The zero-order valence-electron chi connectivity index (χ0n) is 21.2. The number of pyridine rings is 1. The van der Waals surface area contributed by atoms with Crippen LogP contribution in [-0.4, -0.2) is 52.4 Å². The largest absolute Gasteiger partial charge is 0.495 e. The number of hydrogen-bond acceptors (Lipinski definition) is 6. The highest BCUT2D eigenvalue weighted by molar-refractivity contribution is 7.93. The van der Waals surface area contributed by atoms with Crippen molar-refractivity contribution in [3.8, 4) is 5.75 Å². The molecule has 8 nitrogen and oxygen atoms in total. The van der Waals surface area contributed by atoms with E-state index in [2.05, 4.69) is 4.98 Å². The molecule has 0 saturated carbocycles. The Kier molecular flexibility index (Phi) is 7.85. The summed E-state index contributed by atoms with van der Waals surface area (Å²) in [6, 6.07) is 12.7. The summed E-state index contributed by atoms with van der Waals surface area (Å²) in [4.78, 5) is 4.68. The highest BCUT2D eigenvalue weighted by Gasteiger charge is 2.39. The van der Waals surface area contributed by atoms with Gasteiger partial charge < -0.3 is 4.74 Å². The van der Waals surface area contributed by atoms with E-state index in [-0.39, 0.29) is 27.9 Å². The predicted octanol–water partition coefficient (Wildman–Crippen LogP) is 4.72. The molecule has 0 radical (unpaired) electrons. The van der Waals surface area contributed by atoms with E-state index in [1.807, 2.05) is 19.1 Å². The third-order valence-corrected chi connectivity index (χ3v) is 10.9. The fourth-order valence-electron chi connectivity index (χ4n) is 4.94. The smallest absolute Gasteiger partial charge is 0.266 e. The molecule has 0 amide bonds. The third kappa shape index (κ3) is 5.34. The van der Waals surface area contributed by atoms with Gasteiger partial charge in [-0.1, -0.05) is 35.4 Å². The van der Waals surface area contributed by atoms with E-state index >= 15 is 0 Å². The molecular formula is C26H30ClN3O5S2. The Balaban J connectivity index is 1.66. The van der Waals surface area contributed by atoms with Crippen molar-refractivity contribution in [3.63, 3.8) is 0 Å². The van der Waals surface area contributed by atoms with Gasteiger partial charge in [0.25, 0.3) is 10.0 Å². The number of piperidine rings is 1. The first-order valence-corrected chi connectivity index (χ1v) is 15.1. The molecule has 198 valence electrons. The number of anilines is 1. The minimum absolute atomic E-state index is 0.0665. The van der Waals surface area contributed by atoms with Crippen molar-refractivity contribution in [2.24, 2.45) is 0 Å². The van der Waals surface area contributed by atoms with Crippen molar-refractivity contribution < 1.29 is 21.6 Å². The predicted molar refractivity (Wildman–Crippen MR) is 144 cm³/mol. The van der Waals surface area contributed by atoms with Gasteiger partial charge in [-0.2, -0.15) is 4.31 Å². The molecule has 1 fully saturated rings. The van der Waals surface area contributed by atoms with Gasteiger partial charge in [0, 0.05) is 25.3 Å². The van der Waals surface area contributed by atoms with Crippen LogP contribution >= 0.6 is 11.6 Å². The summed E-state index contributed by atoms with van der Waals surface area (Å²) in [7, 11) is -6.34. The molecule has 4 rings (SSSR count). The van der Waals surface area contributed by atoms with Crippen LogP contribution in [0.15, 0.2) is 64.5 Å². The molecule has 0 N–H and O–H groups in total. The summed E-state index contributed by atoms with van der Waals surface area (Å²) in [5, 5.41) is 0.203. The Morgan fingerprint density at radius 1 is 0.973 bits per heavy atom. The van der Waals surface area contributed by atoms with Crippen LogP contribution in [0, 0.1) is 20.8 Å². The first-order chi connectivity index (χ1) is 17.5. The molecule has 1 aliphatic heterocycles. The standard InChI is InChI=1S/C26H30ClN3O5S2/c1-18-15-19(2)26(20(3)16-18)37(33,34)30(25-7-5-6-12-28-25)21-10-13-29(14-11-21)36(31,32)22-8-9-24(35-4)23(27)17-22/h5-9,12,15-17,21H,10-11,13-14H2,1-4H3. The summed E-state index contributed by atoms with van der Waals surface area (Å²) in [5.74, 6) is 0.697. The lowest BCUT2D eigenvalue weighted by atomic mass is 10.1. The number of hydrogen-bond donors (Lipinski definition) is 0. The van der Waals surface area contributed by atoms with Gasteiger partial charge in [0.15, 0.2) is 0 Å². The first kappa shape index (κ1) is 27.4. The number of rotatable bonds is 7. The molecule has 0 bridgehead atoms. The normalized spacial score (nSPS) is 15.5. The average molecular weight is 564 g/mol. The minimum Gasteiger partial charge on any atom is -0.495 e. The fourth-order valence-corrected chi connectivity index (χ4v) is 8.84. The van der Waals surface area contributed by atoms with Gasteiger partial charge in [0.2, 0.25) is 10.0 Å². The van der Waals surface area contributed by atoms with Crippen molar-refractivity contribution >= 4 is 37.5 Å². The number of benzene rings is 2. The lowest BCUT2D eigenvalue weighted by molar-refractivity contribution is 0.320. The number of aromatic nitrogens is 1. The number of sulfonamides is 2. The zero-order chi connectivity index (χ0) is 27.0. The van der Waals surface area contributed by atoms with Gasteiger partial charge >= 0.3 is 0 Å². The highest BCUT2D eigenvalue weighted by atomic mass is 35.5. The summed E-state index contributed by atoms with van der Waals surface area (Å²) in [6.45, 7) is 5.82. The van der Waals surface area contributed by atoms with Crippen molar-refractivity contribution in [2.75, 3.05) is 24.5 Å². The van der Waals surface area contributed by atoms with Crippen molar-refractivity contribution in [1.82, 2.24) is 9.29 Å². The van der Waals surface area contributed by atoms with E-state index in [9.17, 15) is 16.8 Å². The average Bonchev–Trinajstić information content (AvgIpc) is 2.84. The van der Waals surface area contributed by atoms with Crippen LogP contribution in [0.1, 0.15) is 29.5 Å². The van der Waals surface area contributed by atoms with Crippen LogP contribution in [0.3, 0.4) is 0 Å². The van der Waals surface area contributed by atoms with Crippen LogP contribution in [-0.2, 0) is 20.0 Å². The Labute approximate surface area is 224 Å². The maximum atomic E-state index is 14.1. The molecule has 0 atom stereocenters. The van der Waals surface area contributed by atoms with Gasteiger partial charge in [-0.25, -0.2) is 26.1 Å². The van der Waals surface area contributed by atoms with Crippen LogP contribution in [0.4, 0.5) is 5.82 Å². The summed E-state index contributed by atoms with van der Waals surface area (Å²) >= 11 is 6.16. The number of halogens is 1. The van der Waals surface area contributed by atoms with Gasteiger partial charge in [-0.05, 0) is 75.1 Å². The van der Waals surface area contributed by atoms with Crippen molar-refractivity contribution in [2.45, 2.75) is 49.4 Å². The molecule has 11 heteroatoms. The monoisotopic (exact) mass is 563 g/mol.